The molecule has 0 amide bonds. The Kier molecular flexibility index (Phi) is 3.81. The van der Waals surface area contributed by atoms with Gasteiger partial charge in [-0.2, -0.15) is 0 Å². The fraction of sp³-hybridized carbons (Fsp3) is 0.385. The smallest absolute Gasteiger partial charge is 0.239 e. The van der Waals surface area contributed by atoms with Gasteiger partial charge < -0.3 is 4.74 Å². The lowest BCUT2D eigenvalue weighted by atomic mass is 9.86. The topological polar surface area (TPSA) is 26.3 Å². The molecule has 0 heterocycles. The number of hydrogen-bond acceptors (Lipinski definition) is 3. The Morgan fingerprint density at radius 2 is 1.69 bits per heavy atom. The third-order valence-corrected chi connectivity index (χ3v) is 2.74. The summed E-state index contributed by atoms with van der Waals surface area (Å²) in [5.41, 5.74) is 1.84. The second-order valence-electron chi connectivity index (χ2n) is 4.65. The van der Waals surface area contributed by atoms with Crippen LogP contribution in [0.25, 0.3) is 0 Å². The molecule has 0 aliphatic heterocycles. The normalized spacial score (nSPS) is 11.0. The zero-order chi connectivity index (χ0) is 12.3. The Bertz CT molecular complexity index is 399. The molecule has 0 radical (unpaired) electrons. The molecular weight excluding hydrogens is 220 g/mol. The summed E-state index contributed by atoms with van der Waals surface area (Å²) in [6.07, 6.45) is 0. The van der Waals surface area contributed by atoms with Crippen LogP contribution < -0.4 is 0 Å². The molecule has 0 aliphatic rings. The van der Waals surface area contributed by atoms with E-state index in [-0.39, 0.29) is 16.2 Å². The molecule has 0 aliphatic carbocycles. The zero-order valence-corrected chi connectivity index (χ0v) is 10.9. The third kappa shape index (κ3) is 2.89. The maximum atomic E-state index is 11.7. The van der Waals surface area contributed by atoms with Crippen LogP contribution in [-0.2, 0) is 10.2 Å². The van der Waals surface area contributed by atoms with Gasteiger partial charge in [0, 0.05) is 5.56 Å². The van der Waals surface area contributed by atoms with Gasteiger partial charge in [0.1, 0.15) is 0 Å². The highest BCUT2D eigenvalue weighted by Gasteiger charge is 2.16. The van der Waals surface area contributed by atoms with E-state index in [1.165, 1.54) is 12.7 Å². The number of ether oxygens (including phenoxy) is 1. The fourth-order valence-electron chi connectivity index (χ4n) is 1.33. The van der Waals surface area contributed by atoms with E-state index in [4.69, 9.17) is 17.0 Å². The molecule has 0 saturated heterocycles. The molecule has 16 heavy (non-hydrogen) atoms. The molecule has 0 spiro atoms. The van der Waals surface area contributed by atoms with Crippen LogP contribution in [0, 0.1) is 0 Å². The van der Waals surface area contributed by atoms with Crippen molar-refractivity contribution in [3.8, 4) is 0 Å². The van der Waals surface area contributed by atoms with E-state index in [0.29, 0.717) is 5.56 Å². The molecule has 0 N–H and O–H groups in total. The lowest BCUT2D eigenvalue weighted by molar-refractivity contribution is 0.104. The van der Waals surface area contributed by atoms with Crippen molar-refractivity contribution >= 4 is 23.1 Å². The SMILES string of the molecule is COC(=S)C(=O)c1ccc(C(C)(C)C)cc1. The van der Waals surface area contributed by atoms with Gasteiger partial charge in [-0.1, -0.05) is 45.0 Å². The predicted octanol–water partition coefficient (Wildman–Crippen LogP) is 3.14. The Balaban J connectivity index is 2.96. The van der Waals surface area contributed by atoms with E-state index < -0.39 is 0 Å². The van der Waals surface area contributed by atoms with Crippen LogP contribution in [0.5, 0.6) is 0 Å². The highest BCUT2D eigenvalue weighted by Crippen LogP contribution is 2.22. The fourth-order valence-corrected chi connectivity index (χ4v) is 1.45. The van der Waals surface area contributed by atoms with Crippen LogP contribution in [0.15, 0.2) is 24.3 Å². The summed E-state index contributed by atoms with van der Waals surface area (Å²) >= 11 is 4.79. The van der Waals surface area contributed by atoms with E-state index in [0.717, 1.165) is 0 Å². The summed E-state index contributed by atoms with van der Waals surface area (Å²) in [7, 11) is 1.41. The molecular formula is C13H16O2S. The van der Waals surface area contributed by atoms with Crippen molar-refractivity contribution in [1.29, 1.82) is 0 Å². The maximum absolute atomic E-state index is 11.7. The Morgan fingerprint density at radius 1 is 1.19 bits per heavy atom. The van der Waals surface area contributed by atoms with E-state index in [9.17, 15) is 4.79 Å². The van der Waals surface area contributed by atoms with Gasteiger partial charge in [0.2, 0.25) is 10.8 Å². The van der Waals surface area contributed by atoms with E-state index >= 15 is 0 Å². The van der Waals surface area contributed by atoms with Gasteiger partial charge in [-0.3, -0.25) is 4.79 Å². The molecule has 0 unspecified atom stereocenters. The molecule has 86 valence electrons. The summed E-state index contributed by atoms with van der Waals surface area (Å²) < 4.78 is 4.75. The molecule has 0 saturated carbocycles. The van der Waals surface area contributed by atoms with Crippen molar-refractivity contribution in [2.45, 2.75) is 26.2 Å². The van der Waals surface area contributed by atoms with Gasteiger partial charge in [-0.05, 0) is 23.2 Å². The number of Topliss-reactive ketones (excluding diaryl/α,β-unsaturated/α-hetero) is 1. The first kappa shape index (κ1) is 12.8. The number of carbonyl (C=O) groups is 1. The standard InChI is InChI=1S/C13H16O2S/c1-13(2,3)10-7-5-9(6-8-10)11(14)12(16)15-4/h5-8H,1-4H3. The summed E-state index contributed by atoms with van der Waals surface area (Å²) in [5, 5.41) is 0.00325. The maximum Gasteiger partial charge on any atom is 0.239 e. The predicted molar refractivity (Wildman–Crippen MR) is 69.1 cm³/mol. The molecule has 0 atom stereocenters. The molecule has 1 rings (SSSR count). The number of rotatable bonds is 2. The van der Waals surface area contributed by atoms with Crippen molar-refractivity contribution in [3.05, 3.63) is 35.4 Å². The highest BCUT2D eigenvalue weighted by molar-refractivity contribution is 7.81. The van der Waals surface area contributed by atoms with Gasteiger partial charge in [0.15, 0.2) is 0 Å². The first-order chi connectivity index (χ1) is 7.36. The molecule has 3 heteroatoms. The molecule has 0 bridgehead atoms. The zero-order valence-electron chi connectivity index (χ0n) is 10.0. The Hall–Kier alpha value is -1.22. The quantitative estimate of drug-likeness (QED) is 0.583. The van der Waals surface area contributed by atoms with Crippen molar-refractivity contribution < 1.29 is 9.53 Å². The van der Waals surface area contributed by atoms with Crippen molar-refractivity contribution in [2.24, 2.45) is 0 Å². The summed E-state index contributed by atoms with van der Waals surface area (Å²) in [6, 6.07) is 7.47. The number of ketones is 1. The second kappa shape index (κ2) is 4.74. The molecule has 1 aromatic rings. The number of thiocarbonyl (C=S) groups is 1. The summed E-state index contributed by atoms with van der Waals surface area (Å²) in [5.74, 6) is -0.238. The lowest BCUT2D eigenvalue weighted by Crippen LogP contribution is -2.15. The van der Waals surface area contributed by atoms with Crippen LogP contribution in [0.1, 0.15) is 36.7 Å². The average Bonchev–Trinajstić information content (AvgIpc) is 2.26. The van der Waals surface area contributed by atoms with Crippen molar-refractivity contribution in [2.75, 3.05) is 7.11 Å². The summed E-state index contributed by atoms with van der Waals surface area (Å²) in [4.78, 5) is 11.7. The second-order valence-corrected chi connectivity index (χ2v) is 5.02. The molecule has 0 aromatic heterocycles. The average molecular weight is 236 g/mol. The van der Waals surface area contributed by atoms with Crippen LogP contribution in [-0.4, -0.2) is 17.9 Å². The van der Waals surface area contributed by atoms with E-state index in [1.54, 1.807) is 12.1 Å². The molecule has 0 fully saturated rings. The number of hydrogen-bond donors (Lipinski definition) is 0. The van der Waals surface area contributed by atoms with Crippen LogP contribution in [0.3, 0.4) is 0 Å². The minimum absolute atomic E-state index is 0.00325. The third-order valence-electron chi connectivity index (χ3n) is 2.38. The minimum Gasteiger partial charge on any atom is -0.484 e. The largest absolute Gasteiger partial charge is 0.484 e. The van der Waals surface area contributed by atoms with Crippen LogP contribution in [0.2, 0.25) is 0 Å². The first-order valence-corrected chi connectivity index (χ1v) is 5.50. The monoisotopic (exact) mass is 236 g/mol. The number of carbonyl (C=O) groups excluding carboxylic acids is 1. The Morgan fingerprint density at radius 3 is 2.06 bits per heavy atom. The lowest BCUT2D eigenvalue weighted by Gasteiger charge is -2.18. The van der Waals surface area contributed by atoms with Crippen molar-refractivity contribution in [1.82, 2.24) is 0 Å². The summed E-state index contributed by atoms with van der Waals surface area (Å²) in [6.45, 7) is 6.39. The van der Waals surface area contributed by atoms with Gasteiger partial charge in [0.25, 0.3) is 0 Å². The van der Waals surface area contributed by atoms with E-state index in [1.807, 2.05) is 12.1 Å². The van der Waals surface area contributed by atoms with Crippen LogP contribution >= 0.6 is 12.2 Å². The molecule has 1 aromatic carbocycles. The molecule has 2 nitrogen and oxygen atoms in total. The number of benzene rings is 1. The van der Waals surface area contributed by atoms with Crippen LogP contribution in [0.4, 0.5) is 0 Å². The van der Waals surface area contributed by atoms with Gasteiger partial charge in [0.05, 0.1) is 7.11 Å². The van der Waals surface area contributed by atoms with Gasteiger partial charge >= 0.3 is 0 Å². The Labute approximate surface area is 102 Å². The number of methoxy groups -OCH3 is 1. The van der Waals surface area contributed by atoms with Gasteiger partial charge in [-0.25, -0.2) is 0 Å². The van der Waals surface area contributed by atoms with E-state index in [2.05, 4.69) is 20.8 Å². The van der Waals surface area contributed by atoms with Crippen molar-refractivity contribution in [3.63, 3.8) is 0 Å². The minimum atomic E-state index is -0.238. The highest BCUT2D eigenvalue weighted by atomic mass is 32.1. The first-order valence-electron chi connectivity index (χ1n) is 5.09. The van der Waals surface area contributed by atoms with Gasteiger partial charge in [-0.15, -0.1) is 0 Å².